The van der Waals surface area contributed by atoms with Crippen LogP contribution in [0.1, 0.15) is 24.0 Å². The first-order chi connectivity index (χ1) is 16.0. The third-order valence-electron chi connectivity index (χ3n) is 7.17. The molecule has 0 spiro atoms. The predicted octanol–water partition coefficient (Wildman–Crippen LogP) is -1.63. The van der Waals surface area contributed by atoms with E-state index in [1.165, 1.54) is 16.8 Å². The van der Waals surface area contributed by atoms with Crippen LogP contribution in [0.4, 0.5) is 5.82 Å². The predicted molar refractivity (Wildman–Crippen MR) is 142 cm³/mol. The molecule has 0 saturated carbocycles. The quantitative estimate of drug-likeness (QED) is 0.439. The van der Waals surface area contributed by atoms with Gasteiger partial charge in [-0.25, -0.2) is 4.98 Å². The van der Waals surface area contributed by atoms with Crippen molar-refractivity contribution in [2.24, 2.45) is 0 Å². The Kier molecular flexibility index (Phi) is 5.37. The highest BCUT2D eigenvalue weighted by Crippen LogP contribution is 2.44. The van der Waals surface area contributed by atoms with Crippen LogP contribution in [0.2, 0.25) is 0 Å². The molecule has 2 aromatic heterocycles. The zero-order chi connectivity index (χ0) is 24.3. The minimum Gasteiger partial charge on any atom is -0.499 e. The first-order valence-corrected chi connectivity index (χ1v) is 11.8. The largest absolute Gasteiger partial charge is 0.499 e. The fourth-order valence-corrected chi connectivity index (χ4v) is 4.50. The van der Waals surface area contributed by atoms with Gasteiger partial charge in [-0.05, 0) is 37.1 Å². The lowest BCUT2D eigenvalue weighted by molar-refractivity contribution is 0.0601. The van der Waals surface area contributed by atoms with E-state index in [9.17, 15) is 4.79 Å². The summed E-state index contributed by atoms with van der Waals surface area (Å²) < 4.78 is 20.4. The number of aryl methyl sites for hydroxylation is 2. The molecule has 12 heteroatoms. The Balaban J connectivity index is 1.30. The lowest BCUT2D eigenvalue weighted by Gasteiger charge is -2.48. The highest BCUT2D eigenvalue weighted by Gasteiger charge is 2.45. The highest BCUT2D eigenvalue weighted by molar-refractivity contribution is 6.53. The number of aromatic nitrogens is 3. The highest BCUT2D eigenvalue weighted by atomic mass is 16.6. The standard InChI is InChI=1S/C22H28B4N4O4/c1-12-9-15(11-16-19(12)34-22(25,26)21(23,24)33-16)32-14-4-7-29(8-5-14)20-13(2)10-17-27-6-3-18(31)30(17)28-20/h3,6,9-11,14H,4-5,7-8,23-26H2,1-2H3. The van der Waals surface area contributed by atoms with Gasteiger partial charge in [-0.3, -0.25) is 4.79 Å². The Labute approximate surface area is 202 Å². The molecule has 2 aliphatic heterocycles. The summed E-state index contributed by atoms with van der Waals surface area (Å²) in [5.41, 5.74) is 2.39. The van der Waals surface area contributed by atoms with E-state index in [1.54, 1.807) is 0 Å². The Morgan fingerprint density at radius 1 is 1.03 bits per heavy atom. The fourth-order valence-electron chi connectivity index (χ4n) is 4.50. The smallest absolute Gasteiger partial charge is 0.274 e. The average Bonchev–Trinajstić information content (AvgIpc) is 2.76. The summed E-state index contributed by atoms with van der Waals surface area (Å²) in [5, 5.41) is 3.69. The number of ether oxygens (including phenoxy) is 3. The van der Waals surface area contributed by atoms with Crippen molar-refractivity contribution in [1.82, 2.24) is 14.6 Å². The summed E-state index contributed by atoms with van der Waals surface area (Å²) in [7, 11) is 8.18. The van der Waals surface area contributed by atoms with Gasteiger partial charge in [-0.2, -0.15) is 4.52 Å². The summed E-state index contributed by atoms with van der Waals surface area (Å²) >= 11 is 0. The molecule has 34 heavy (non-hydrogen) atoms. The first kappa shape index (κ1) is 22.7. The van der Waals surface area contributed by atoms with E-state index in [-0.39, 0.29) is 11.7 Å². The monoisotopic (exact) mass is 456 g/mol. The number of hydrogen-bond acceptors (Lipinski definition) is 7. The second kappa shape index (κ2) is 8.03. The minimum atomic E-state index is -0.460. The Morgan fingerprint density at radius 3 is 2.47 bits per heavy atom. The van der Waals surface area contributed by atoms with Gasteiger partial charge in [-0.15, -0.1) is 5.10 Å². The molecule has 0 N–H and O–H groups in total. The van der Waals surface area contributed by atoms with Crippen molar-refractivity contribution in [3.63, 3.8) is 0 Å². The molecule has 4 heterocycles. The molecule has 0 radical (unpaired) electrons. The first-order valence-electron chi connectivity index (χ1n) is 11.8. The molecule has 1 saturated heterocycles. The van der Waals surface area contributed by atoms with Crippen LogP contribution in [0.15, 0.2) is 35.3 Å². The summed E-state index contributed by atoms with van der Waals surface area (Å²) in [6.07, 6.45) is 3.32. The summed E-state index contributed by atoms with van der Waals surface area (Å²) in [6.45, 7) is 5.62. The molecule has 172 valence electrons. The molecule has 0 unspecified atom stereocenters. The molecule has 2 aliphatic rings. The van der Waals surface area contributed by atoms with Crippen LogP contribution < -0.4 is 24.7 Å². The van der Waals surface area contributed by atoms with Gasteiger partial charge in [0.25, 0.3) is 5.56 Å². The van der Waals surface area contributed by atoms with Gasteiger partial charge in [0, 0.05) is 44.3 Å². The molecule has 1 aromatic carbocycles. The van der Waals surface area contributed by atoms with Crippen LogP contribution in [-0.2, 0) is 0 Å². The van der Waals surface area contributed by atoms with E-state index in [0.29, 0.717) is 5.65 Å². The molecule has 0 aliphatic carbocycles. The van der Waals surface area contributed by atoms with Crippen LogP contribution in [0, 0.1) is 13.8 Å². The Morgan fingerprint density at radius 2 is 1.74 bits per heavy atom. The van der Waals surface area contributed by atoms with Gasteiger partial charge in [0.2, 0.25) is 0 Å². The normalized spacial score (nSPS) is 19.2. The van der Waals surface area contributed by atoms with Gasteiger partial charge in [0.05, 0.1) is 10.8 Å². The minimum absolute atomic E-state index is 0.0906. The maximum Gasteiger partial charge on any atom is 0.274 e. The average molecular weight is 456 g/mol. The van der Waals surface area contributed by atoms with E-state index in [4.69, 9.17) is 14.2 Å². The van der Waals surface area contributed by atoms with E-state index in [1.807, 2.05) is 63.4 Å². The van der Waals surface area contributed by atoms with Crippen LogP contribution in [0.25, 0.3) is 5.65 Å². The molecular formula is C22H28B4N4O4. The number of rotatable bonds is 3. The van der Waals surface area contributed by atoms with Crippen molar-refractivity contribution in [3.8, 4) is 17.2 Å². The second-order valence-corrected chi connectivity index (χ2v) is 10.3. The second-order valence-electron chi connectivity index (χ2n) is 10.3. The molecule has 3 aromatic rings. The van der Waals surface area contributed by atoms with Crippen molar-refractivity contribution in [2.75, 3.05) is 18.0 Å². The topological polar surface area (TPSA) is 78.2 Å². The van der Waals surface area contributed by atoms with Gasteiger partial charge >= 0.3 is 0 Å². The molecular weight excluding hydrogens is 428 g/mol. The van der Waals surface area contributed by atoms with E-state index in [2.05, 4.69) is 15.0 Å². The van der Waals surface area contributed by atoms with Crippen molar-refractivity contribution in [3.05, 3.63) is 51.9 Å². The molecule has 0 atom stereocenters. The Bertz CT molecular complexity index is 1320. The number of nitrogens with zero attached hydrogens (tertiary/aromatic N) is 4. The number of hydrogen-bond donors (Lipinski definition) is 0. The van der Waals surface area contributed by atoms with Gasteiger partial charge in [-0.1, -0.05) is 0 Å². The number of piperidine rings is 1. The third-order valence-corrected chi connectivity index (χ3v) is 7.17. The van der Waals surface area contributed by atoms with Gasteiger partial charge in [0.15, 0.2) is 23.0 Å². The van der Waals surface area contributed by atoms with Crippen molar-refractivity contribution < 1.29 is 14.2 Å². The molecule has 0 bridgehead atoms. The third kappa shape index (κ3) is 3.93. The van der Waals surface area contributed by atoms with Crippen LogP contribution in [-0.4, -0.2) is 76.0 Å². The zero-order valence-corrected chi connectivity index (χ0v) is 20.7. The number of benzene rings is 1. The lowest BCUT2D eigenvalue weighted by Crippen LogP contribution is -2.65. The number of fused-ring (bicyclic) bond motifs is 2. The maximum absolute atomic E-state index is 12.2. The van der Waals surface area contributed by atoms with E-state index < -0.39 is 10.8 Å². The fraction of sp³-hybridized carbons (Fsp3) is 0.409. The molecule has 8 nitrogen and oxygen atoms in total. The maximum atomic E-state index is 12.2. The van der Waals surface area contributed by atoms with E-state index >= 15 is 0 Å². The lowest BCUT2D eigenvalue weighted by atomic mass is 9.41. The molecule has 5 rings (SSSR count). The molecule has 1 fully saturated rings. The SMILES string of the molecule is BC1(B)Oc2cc(OC3CCN(c4nn5c(=O)ccnc5cc4C)CC3)cc(C)c2OC1(B)B. The van der Waals surface area contributed by atoms with Crippen LogP contribution in [0.3, 0.4) is 0 Å². The van der Waals surface area contributed by atoms with E-state index in [0.717, 1.165) is 60.1 Å². The van der Waals surface area contributed by atoms with Crippen molar-refractivity contribution in [2.45, 2.75) is 43.6 Å². The molecule has 0 amide bonds. The van der Waals surface area contributed by atoms with Gasteiger partial charge in [0.1, 0.15) is 43.2 Å². The summed E-state index contributed by atoms with van der Waals surface area (Å²) in [6, 6.07) is 7.31. The van der Waals surface area contributed by atoms with Gasteiger partial charge < -0.3 is 19.1 Å². The summed E-state index contributed by atoms with van der Waals surface area (Å²) in [5.74, 6) is 3.13. The number of anilines is 1. The van der Waals surface area contributed by atoms with Crippen molar-refractivity contribution in [1.29, 1.82) is 0 Å². The van der Waals surface area contributed by atoms with Crippen LogP contribution >= 0.6 is 0 Å². The van der Waals surface area contributed by atoms with Crippen molar-refractivity contribution >= 4 is 42.9 Å². The zero-order valence-electron chi connectivity index (χ0n) is 20.7. The summed E-state index contributed by atoms with van der Waals surface area (Å²) in [4.78, 5) is 18.6. The van der Waals surface area contributed by atoms with Crippen LogP contribution in [0.5, 0.6) is 17.2 Å². The Hall–Kier alpha value is -3.03.